The first-order chi connectivity index (χ1) is 11.0. The third-order valence-corrected chi connectivity index (χ3v) is 3.61. The minimum Gasteiger partial charge on any atom is -0.463 e. The highest BCUT2D eigenvalue weighted by Crippen LogP contribution is 2.25. The van der Waals surface area contributed by atoms with Gasteiger partial charge in [-0.2, -0.15) is 0 Å². The Morgan fingerprint density at radius 2 is 1.91 bits per heavy atom. The Balaban J connectivity index is 2.02. The third kappa shape index (κ3) is 4.73. The molecule has 7 heteroatoms. The second-order valence-electron chi connectivity index (χ2n) is 5.32. The number of rotatable bonds is 6. The molecule has 0 bridgehead atoms. The zero-order valence-electron chi connectivity index (χ0n) is 13.1. The summed E-state index contributed by atoms with van der Waals surface area (Å²) in [5.41, 5.74) is 0.906. The van der Waals surface area contributed by atoms with Gasteiger partial charge in [-0.15, -0.1) is 0 Å². The van der Waals surface area contributed by atoms with Crippen molar-refractivity contribution in [2.45, 2.75) is 44.2 Å². The topological polar surface area (TPSA) is 94.5 Å². The molecule has 1 fully saturated rings. The van der Waals surface area contributed by atoms with Gasteiger partial charge in [-0.3, -0.25) is 4.79 Å². The second kappa shape index (κ2) is 8.37. The smallest absolute Gasteiger partial charge is 0.302 e. The van der Waals surface area contributed by atoms with Gasteiger partial charge in [0.2, 0.25) is 0 Å². The summed E-state index contributed by atoms with van der Waals surface area (Å²) >= 11 is 0. The van der Waals surface area contributed by atoms with Crippen LogP contribution < -0.4 is 0 Å². The molecule has 5 atom stereocenters. The molecule has 128 valence electrons. The first-order valence-electron chi connectivity index (χ1n) is 7.36. The van der Waals surface area contributed by atoms with E-state index in [2.05, 4.69) is 0 Å². The summed E-state index contributed by atoms with van der Waals surface area (Å²) in [4.78, 5) is 10.9. The summed E-state index contributed by atoms with van der Waals surface area (Å²) in [6.07, 6.45) is -5.05. The SMILES string of the molecule is CO[C@H]1O[C@H](COC(C)=O)[C@H](O)[C@H](OCc2ccccc2)[C@H]1O. The van der Waals surface area contributed by atoms with Crippen molar-refractivity contribution in [1.82, 2.24) is 0 Å². The van der Waals surface area contributed by atoms with Crippen LogP contribution in [0.3, 0.4) is 0 Å². The van der Waals surface area contributed by atoms with Gasteiger partial charge in [-0.05, 0) is 5.56 Å². The molecule has 0 saturated carbocycles. The molecule has 2 N–H and O–H groups in total. The first kappa shape index (κ1) is 17.8. The molecule has 2 rings (SSSR count). The lowest BCUT2D eigenvalue weighted by atomic mass is 9.99. The molecular formula is C16H22O7. The van der Waals surface area contributed by atoms with Crippen LogP contribution in [-0.4, -0.2) is 60.6 Å². The molecule has 0 unspecified atom stereocenters. The monoisotopic (exact) mass is 326 g/mol. The van der Waals surface area contributed by atoms with Crippen LogP contribution in [0.2, 0.25) is 0 Å². The third-order valence-electron chi connectivity index (χ3n) is 3.61. The Hall–Kier alpha value is -1.51. The Labute approximate surface area is 134 Å². The van der Waals surface area contributed by atoms with Crippen LogP contribution in [0.4, 0.5) is 0 Å². The number of esters is 1. The minimum atomic E-state index is -1.16. The van der Waals surface area contributed by atoms with Crippen LogP contribution in [0.1, 0.15) is 12.5 Å². The largest absolute Gasteiger partial charge is 0.463 e. The van der Waals surface area contributed by atoms with Crippen molar-refractivity contribution in [3.05, 3.63) is 35.9 Å². The predicted molar refractivity (Wildman–Crippen MR) is 79.3 cm³/mol. The molecule has 1 aliphatic rings. The predicted octanol–water partition coefficient (Wildman–Crippen LogP) is 0.228. The molecule has 1 saturated heterocycles. The highest BCUT2D eigenvalue weighted by atomic mass is 16.7. The van der Waals surface area contributed by atoms with Crippen molar-refractivity contribution in [3.8, 4) is 0 Å². The van der Waals surface area contributed by atoms with Gasteiger partial charge in [0.25, 0.3) is 0 Å². The summed E-state index contributed by atoms with van der Waals surface area (Å²) in [5, 5.41) is 20.6. The molecule has 1 heterocycles. The van der Waals surface area contributed by atoms with Crippen LogP contribution in [0, 0.1) is 0 Å². The Morgan fingerprint density at radius 1 is 1.22 bits per heavy atom. The maximum absolute atomic E-state index is 10.9. The van der Waals surface area contributed by atoms with Crippen LogP contribution in [-0.2, 0) is 30.3 Å². The highest BCUT2D eigenvalue weighted by Gasteiger charge is 2.46. The number of aliphatic hydroxyl groups excluding tert-OH is 2. The van der Waals surface area contributed by atoms with Crippen molar-refractivity contribution in [1.29, 1.82) is 0 Å². The van der Waals surface area contributed by atoms with Crippen LogP contribution in [0.5, 0.6) is 0 Å². The van der Waals surface area contributed by atoms with E-state index in [-0.39, 0.29) is 13.2 Å². The number of hydrogen-bond donors (Lipinski definition) is 2. The maximum Gasteiger partial charge on any atom is 0.302 e. The normalized spacial score (nSPS) is 30.9. The number of carbonyl (C=O) groups is 1. The average molecular weight is 326 g/mol. The Bertz CT molecular complexity index is 492. The molecule has 0 spiro atoms. The number of hydrogen-bond acceptors (Lipinski definition) is 7. The Morgan fingerprint density at radius 3 is 2.52 bits per heavy atom. The van der Waals surface area contributed by atoms with Crippen molar-refractivity contribution < 1.29 is 34.0 Å². The number of ether oxygens (including phenoxy) is 4. The van der Waals surface area contributed by atoms with Crippen LogP contribution >= 0.6 is 0 Å². The quantitative estimate of drug-likeness (QED) is 0.723. The summed E-state index contributed by atoms with van der Waals surface area (Å²) in [6.45, 7) is 1.34. The molecule has 1 aromatic rings. The fraction of sp³-hybridized carbons (Fsp3) is 0.562. The average Bonchev–Trinajstić information content (AvgIpc) is 2.55. The molecular weight excluding hydrogens is 304 g/mol. The highest BCUT2D eigenvalue weighted by molar-refractivity contribution is 5.65. The summed E-state index contributed by atoms with van der Waals surface area (Å²) in [6, 6.07) is 9.39. The zero-order valence-corrected chi connectivity index (χ0v) is 13.1. The van der Waals surface area contributed by atoms with Gasteiger partial charge in [-0.1, -0.05) is 30.3 Å². The standard InChI is InChI=1S/C16H22O7/c1-10(17)21-9-12-13(18)15(14(19)16(20-2)23-12)22-8-11-6-4-3-5-7-11/h3-7,12-16,18-19H,8-9H2,1-2H3/t12-,13+,14-,15+,16+/m1/s1. The van der Waals surface area contributed by atoms with E-state index in [4.69, 9.17) is 18.9 Å². The number of benzene rings is 1. The van der Waals surface area contributed by atoms with Gasteiger partial charge in [0.05, 0.1) is 6.61 Å². The number of methoxy groups -OCH3 is 1. The van der Waals surface area contributed by atoms with E-state index in [1.54, 1.807) is 0 Å². The molecule has 0 aromatic heterocycles. The van der Waals surface area contributed by atoms with Gasteiger partial charge >= 0.3 is 5.97 Å². The van der Waals surface area contributed by atoms with Crippen molar-refractivity contribution in [2.75, 3.05) is 13.7 Å². The van der Waals surface area contributed by atoms with Gasteiger partial charge in [0, 0.05) is 14.0 Å². The fourth-order valence-corrected chi connectivity index (χ4v) is 2.40. The maximum atomic E-state index is 10.9. The summed E-state index contributed by atoms with van der Waals surface area (Å²) in [5.74, 6) is -0.484. The van der Waals surface area contributed by atoms with E-state index in [9.17, 15) is 15.0 Å². The van der Waals surface area contributed by atoms with Crippen molar-refractivity contribution in [3.63, 3.8) is 0 Å². The van der Waals surface area contributed by atoms with Crippen LogP contribution in [0.15, 0.2) is 30.3 Å². The lowest BCUT2D eigenvalue weighted by Crippen LogP contribution is -2.60. The van der Waals surface area contributed by atoms with E-state index in [0.717, 1.165) is 5.56 Å². The summed E-state index contributed by atoms with van der Waals surface area (Å²) < 4.78 is 21.0. The molecule has 1 aliphatic heterocycles. The fourth-order valence-electron chi connectivity index (χ4n) is 2.40. The molecule has 0 radical (unpaired) electrons. The molecule has 7 nitrogen and oxygen atoms in total. The summed E-state index contributed by atoms with van der Waals surface area (Å²) in [7, 11) is 1.38. The van der Waals surface area contributed by atoms with Gasteiger partial charge in [0.1, 0.15) is 31.0 Å². The number of aliphatic hydroxyl groups is 2. The number of carbonyl (C=O) groups excluding carboxylic acids is 1. The van der Waals surface area contributed by atoms with E-state index in [0.29, 0.717) is 0 Å². The second-order valence-corrected chi connectivity index (χ2v) is 5.32. The van der Waals surface area contributed by atoms with Gasteiger partial charge in [-0.25, -0.2) is 0 Å². The minimum absolute atomic E-state index is 0.145. The molecule has 0 aliphatic carbocycles. The first-order valence-corrected chi connectivity index (χ1v) is 7.36. The van der Waals surface area contributed by atoms with Gasteiger partial charge < -0.3 is 29.2 Å². The zero-order chi connectivity index (χ0) is 16.8. The Kier molecular flexibility index (Phi) is 6.49. The lowest BCUT2D eigenvalue weighted by Gasteiger charge is -2.41. The van der Waals surface area contributed by atoms with Crippen molar-refractivity contribution >= 4 is 5.97 Å². The van der Waals surface area contributed by atoms with E-state index in [1.807, 2.05) is 30.3 Å². The van der Waals surface area contributed by atoms with E-state index < -0.39 is 36.7 Å². The van der Waals surface area contributed by atoms with Gasteiger partial charge in [0.15, 0.2) is 6.29 Å². The molecule has 0 amide bonds. The van der Waals surface area contributed by atoms with E-state index in [1.165, 1.54) is 14.0 Å². The lowest BCUT2D eigenvalue weighted by molar-refractivity contribution is -0.303. The molecule has 23 heavy (non-hydrogen) atoms. The van der Waals surface area contributed by atoms with Crippen molar-refractivity contribution in [2.24, 2.45) is 0 Å². The van der Waals surface area contributed by atoms with Crippen LogP contribution in [0.25, 0.3) is 0 Å². The molecule has 1 aromatic carbocycles. The van der Waals surface area contributed by atoms with E-state index >= 15 is 0 Å².